The quantitative estimate of drug-likeness (QED) is 0.305. The number of nitrogens with zero attached hydrogens (tertiary/aromatic N) is 2. The average Bonchev–Trinajstić information content (AvgIpc) is 2.76. The highest BCUT2D eigenvalue weighted by molar-refractivity contribution is 6.30. The Labute approximate surface area is 193 Å². The van der Waals surface area contributed by atoms with E-state index >= 15 is 0 Å². The number of likely N-dealkylation sites (tertiary alicyclic amines) is 1. The first-order valence-corrected chi connectivity index (χ1v) is 10.4. The molecule has 2 aromatic carbocycles. The number of hydrogen-bond donors (Lipinski definition) is 3. The van der Waals surface area contributed by atoms with Crippen LogP contribution in [0.2, 0.25) is 5.02 Å². The fourth-order valence-corrected chi connectivity index (χ4v) is 3.65. The maximum absolute atomic E-state index is 13.0. The fraction of sp³-hybridized carbons (Fsp3) is 0.318. The van der Waals surface area contributed by atoms with Crippen LogP contribution < -0.4 is 11.1 Å². The van der Waals surface area contributed by atoms with E-state index in [4.69, 9.17) is 17.3 Å². The van der Waals surface area contributed by atoms with E-state index < -0.39 is 30.0 Å². The van der Waals surface area contributed by atoms with Crippen LogP contribution in [0.3, 0.4) is 0 Å². The Kier molecular flexibility index (Phi) is 7.83. The van der Waals surface area contributed by atoms with Crippen molar-refractivity contribution in [2.75, 3.05) is 13.7 Å². The van der Waals surface area contributed by atoms with Crippen LogP contribution in [0.5, 0.6) is 0 Å². The number of alkyl halides is 2. The second kappa shape index (κ2) is 10.6. The number of carbonyl (C=O) groups is 2. The number of amidine groups is 1. The third-order valence-electron chi connectivity index (χ3n) is 5.26. The van der Waals surface area contributed by atoms with E-state index in [1.54, 1.807) is 24.3 Å². The molecule has 2 amide bonds. The summed E-state index contributed by atoms with van der Waals surface area (Å²) < 4.78 is 26.0. The Morgan fingerprint density at radius 1 is 1.27 bits per heavy atom. The van der Waals surface area contributed by atoms with Gasteiger partial charge in [-0.1, -0.05) is 41.0 Å². The zero-order chi connectivity index (χ0) is 24.1. The maximum Gasteiger partial charge on any atom is 0.263 e. The van der Waals surface area contributed by atoms with Crippen LogP contribution in [0.4, 0.5) is 8.78 Å². The van der Waals surface area contributed by atoms with Crippen LogP contribution in [0.1, 0.15) is 41.2 Å². The van der Waals surface area contributed by atoms with E-state index in [9.17, 15) is 23.5 Å². The van der Waals surface area contributed by atoms with Gasteiger partial charge in [0, 0.05) is 29.2 Å². The van der Waals surface area contributed by atoms with E-state index in [1.807, 2.05) is 0 Å². The molecule has 1 fully saturated rings. The summed E-state index contributed by atoms with van der Waals surface area (Å²) in [6, 6.07) is 9.57. The van der Waals surface area contributed by atoms with Crippen molar-refractivity contribution in [3.8, 4) is 0 Å². The summed E-state index contributed by atoms with van der Waals surface area (Å²) in [6.45, 7) is 0.483. The van der Waals surface area contributed by atoms with Crippen LogP contribution in [-0.2, 0) is 21.0 Å². The molecule has 0 aliphatic carbocycles. The highest BCUT2D eigenvalue weighted by Crippen LogP contribution is 2.29. The zero-order valence-corrected chi connectivity index (χ0v) is 18.4. The summed E-state index contributed by atoms with van der Waals surface area (Å²) >= 11 is 5.84. The lowest BCUT2D eigenvalue weighted by Crippen LogP contribution is -2.59. The van der Waals surface area contributed by atoms with E-state index in [0.717, 1.165) is 17.7 Å². The second-order valence-corrected chi connectivity index (χ2v) is 7.87. The Balaban J connectivity index is 1.60. The van der Waals surface area contributed by atoms with E-state index in [-0.39, 0.29) is 35.4 Å². The highest BCUT2D eigenvalue weighted by Gasteiger charge is 2.40. The summed E-state index contributed by atoms with van der Waals surface area (Å²) in [5.41, 5.74) is 6.75. The largest absolute Gasteiger partial charge is 0.397 e. The van der Waals surface area contributed by atoms with Crippen LogP contribution in [-0.4, -0.2) is 47.4 Å². The monoisotopic (exact) mass is 480 g/mol. The molecule has 0 radical (unpaired) electrons. The Morgan fingerprint density at radius 2 is 1.94 bits per heavy atom. The molecule has 0 saturated carbocycles. The lowest BCUT2D eigenvalue weighted by Gasteiger charge is -2.40. The molecule has 4 N–H and O–H groups in total. The number of nitrogens with one attached hydrogen (secondary N) is 1. The molecule has 0 spiro atoms. The molecular formula is C22H23ClF2N4O4. The lowest BCUT2D eigenvalue weighted by molar-refractivity contribution is -0.154. The summed E-state index contributed by atoms with van der Waals surface area (Å²) in [5.74, 6) is -0.914. The van der Waals surface area contributed by atoms with Crippen LogP contribution in [0.15, 0.2) is 47.6 Å². The first kappa shape index (κ1) is 24.4. The predicted octanol–water partition coefficient (Wildman–Crippen LogP) is 2.50. The minimum absolute atomic E-state index is 0.0196. The number of rotatable bonds is 8. The molecule has 1 aliphatic rings. The van der Waals surface area contributed by atoms with Crippen molar-refractivity contribution in [1.82, 2.24) is 10.2 Å². The SMILES string of the molecule is CON=C(N)c1ccc(CNC(=O)C2CCN2C(=O)C(O)c2cc(Cl)cc(C(F)F)c2)cc1. The summed E-state index contributed by atoms with van der Waals surface area (Å²) in [5, 5.41) is 16.8. The van der Waals surface area contributed by atoms with Crippen molar-refractivity contribution in [1.29, 1.82) is 0 Å². The maximum atomic E-state index is 13.0. The van der Waals surface area contributed by atoms with Crippen molar-refractivity contribution < 1.29 is 28.3 Å². The average molecular weight is 481 g/mol. The minimum Gasteiger partial charge on any atom is -0.397 e. The predicted molar refractivity (Wildman–Crippen MR) is 118 cm³/mol. The van der Waals surface area contributed by atoms with Gasteiger partial charge < -0.3 is 25.9 Å². The molecule has 1 aliphatic heterocycles. The summed E-state index contributed by atoms with van der Waals surface area (Å²) in [6.07, 6.45) is -4.08. The normalized spacial score (nSPS) is 16.8. The Hall–Kier alpha value is -3.24. The fourth-order valence-electron chi connectivity index (χ4n) is 3.39. The number of benzene rings is 2. The van der Waals surface area contributed by atoms with Crippen molar-refractivity contribution >= 4 is 29.3 Å². The molecule has 2 atom stereocenters. The molecule has 3 rings (SSSR count). The number of hydrogen-bond acceptors (Lipinski definition) is 5. The molecule has 1 heterocycles. The van der Waals surface area contributed by atoms with Crippen LogP contribution in [0.25, 0.3) is 0 Å². The standard InChI is InChI=1S/C22H23ClF2N4O4/c1-33-28-20(26)13-4-2-12(3-5-13)11-27-21(31)17-6-7-29(17)22(32)18(30)14-8-15(19(24)25)10-16(23)9-14/h2-5,8-10,17-19,30H,6-7,11H2,1H3,(H2,26,28)(H,27,31). The second-order valence-electron chi connectivity index (χ2n) is 7.43. The van der Waals surface area contributed by atoms with Gasteiger partial charge in [-0.3, -0.25) is 9.59 Å². The van der Waals surface area contributed by atoms with Gasteiger partial charge >= 0.3 is 0 Å². The van der Waals surface area contributed by atoms with Gasteiger partial charge in [-0.05, 0) is 35.7 Å². The van der Waals surface area contributed by atoms with Crippen molar-refractivity contribution in [2.45, 2.75) is 31.5 Å². The molecule has 176 valence electrons. The number of carbonyl (C=O) groups excluding carboxylic acids is 2. The first-order chi connectivity index (χ1) is 15.7. The molecule has 2 unspecified atom stereocenters. The van der Waals surface area contributed by atoms with Crippen LogP contribution in [0, 0.1) is 0 Å². The molecular weight excluding hydrogens is 458 g/mol. The number of aliphatic hydroxyl groups excluding tert-OH is 1. The molecule has 11 heteroatoms. The first-order valence-electron chi connectivity index (χ1n) is 10.0. The van der Waals surface area contributed by atoms with Gasteiger partial charge in [0.2, 0.25) is 5.91 Å². The molecule has 8 nitrogen and oxygen atoms in total. The number of oxime groups is 1. The lowest BCUT2D eigenvalue weighted by atomic mass is 9.98. The Morgan fingerprint density at radius 3 is 2.52 bits per heavy atom. The Bertz CT molecular complexity index is 1050. The van der Waals surface area contributed by atoms with Gasteiger partial charge in [0.05, 0.1) is 0 Å². The molecule has 1 saturated heterocycles. The number of aliphatic hydroxyl groups is 1. The smallest absolute Gasteiger partial charge is 0.263 e. The highest BCUT2D eigenvalue weighted by atomic mass is 35.5. The number of nitrogens with two attached hydrogens (primary N) is 1. The summed E-state index contributed by atoms with van der Waals surface area (Å²) in [4.78, 5) is 31.1. The van der Waals surface area contributed by atoms with Crippen molar-refractivity contribution in [3.05, 3.63) is 69.7 Å². The third kappa shape index (κ3) is 5.77. The number of amides is 2. The third-order valence-corrected chi connectivity index (χ3v) is 5.47. The van der Waals surface area contributed by atoms with Gasteiger partial charge in [0.25, 0.3) is 12.3 Å². The molecule has 2 aromatic rings. The minimum atomic E-state index is -2.80. The van der Waals surface area contributed by atoms with Crippen molar-refractivity contribution in [3.63, 3.8) is 0 Å². The van der Waals surface area contributed by atoms with Crippen molar-refractivity contribution in [2.24, 2.45) is 10.9 Å². The molecule has 0 aromatic heterocycles. The van der Waals surface area contributed by atoms with Gasteiger partial charge in [0.1, 0.15) is 13.2 Å². The van der Waals surface area contributed by atoms with Gasteiger partial charge in [-0.25, -0.2) is 8.78 Å². The van der Waals surface area contributed by atoms with E-state index in [1.165, 1.54) is 18.1 Å². The topological polar surface area (TPSA) is 117 Å². The zero-order valence-electron chi connectivity index (χ0n) is 17.7. The van der Waals surface area contributed by atoms with Gasteiger partial charge in [-0.15, -0.1) is 0 Å². The van der Waals surface area contributed by atoms with Gasteiger partial charge in [-0.2, -0.15) is 0 Å². The molecule has 0 bridgehead atoms. The molecule has 33 heavy (non-hydrogen) atoms. The number of halogens is 3. The summed E-state index contributed by atoms with van der Waals surface area (Å²) in [7, 11) is 1.39. The van der Waals surface area contributed by atoms with Crippen LogP contribution >= 0.6 is 11.6 Å². The van der Waals surface area contributed by atoms with E-state index in [0.29, 0.717) is 12.0 Å². The van der Waals surface area contributed by atoms with Gasteiger partial charge in [0.15, 0.2) is 11.9 Å². The van der Waals surface area contributed by atoms with E-state index in [2.05, 4.69) is 15.3 Å².